The SMILES string of the molecule is Cl[Si](Cl)(Cl)c1ccc2nc3c(ccc4cc5ccccc5nc43)cc2c1. The highest BCUT2D eigenvalue weighted by Gasteiger charge is 2.28. The molecule has 2 aromatic heterocycles. The number of hydrogen-bond acceptors (Lipinski definition) is 2. The number of hydrogen-bond donors (Lipinski definition) is 0. The summed E-state index contributed by atoms with van der Waals surface area (Å²) >= 11 is 18.5. The van der Waals surface area contributed by atoms with Crippen molar-refractivity contribution in [3.8, 4) is 0 Å². The third-order valence-corrected chi connectivity index (χ3v) is 7.52. The first-order valence-corrected chi connectivity index (χ1v) is 13.1. The summed E-state index contributed by atoms with van der Waals surface area (Å²) in [5.74, 6) is 0. The Morgan fingerprint density at radius 1 is 0.577 bits per heavy atom. The van der Waals surface area contributed by atoms with Crippen LogP contribution in [0.5, 0.6) is 0 Å². The van der Waals surface area contributed by atoms with Crippen LogP contribution >= 0.6 is 33.2 Å². The summed E-state index contributed by atoms with van der Waals surface area (Å²) in [5, 5.41) is 4.96. The van der Waals surface area contributed by atoms with Gasteiger partial charge in [-0.25, -0.2) is 9.97 Å². The molecule has 0 bridgehead atoms. The van der Waals surface area contributed by atoms with Crippen molar-refractivity contribution in [2.24, 2.45) is 0 Å². The summed E-state index contributed by atoms with van der Waals surface area (Å²) in [6, 6.07) is 19.3. The van der Waals surface area contributed by atoms with Gasteiger partial charge in [0.25, 0.3) is 0 Å². The summed E-state index contributed by atoms with van der Waals surface area (Å²) in [7, 11) is 0. The predicted molar refractivity (Wildman–Crippen MR) is 115 cm³/mol. The number of benzene rings is 3. The second-order valence-electron chi connectivity index (χ2n) is 6.28. The molecule has 0 aliphatic heterocycles. The molecule has 2 heterocycles. The molecule has 6 heteroatoms. The van der Waals surface area contributed by atoms with Crippen LogP contribution in [0.15, 0.2) is 66.7 Å². The topological polar surface area (TPSA) is 25.8 Å². The first-order chi connectivity index (χ1) is 12.5. The summed E-state index contributed by atoms with van der Waals surface area (Å²) in [6.07, 6.45) is 0. The number of halogens is 3. The average Bonchev–Trinajstić information content (AvgIpc) is 2.63. The molecule has 0 amide bonds. The molecule has 0 fully saturated rings. The van der Waals surface area contributed by atoms with Crippen molar-refractivity contribution in [3.63, 3.8) is 0 Å². The monoisotopic (exact) mass is 412 g/mol. The van der Waals surface area contributed by atoms with Crippen LogP contribution < -0.4 is 5.19 Å². The van der Waals surface area contributed by atoms with E-state index in [-0.39, 0.29) is 0 Å². The van der Waals surface area contributed by atoms with Gasteiger partial charge in [-0.2, -0.15) is 0 Å². The Morgan fingerprint density at radius 3 is 1.88 bits per heavy atom. The van der Waals surface area contributed by atoms with E-state index in [0.29, 0.717) is 0 Å². The van der Waals surface area contributed by atoms with Crippen LogP contribution in [-0.4, -0.2) is 16.0 Å². The van der Waals surface area contributed by atoms with Gasteiger partial charge in [-0.3, -0.25) is 0 Å². The van der Waals surface area contributed by atoms with Crippen molar-refractivity contribution in [2.75, 3.05) is 0 Å². The van der Waals surface area contributed by atoms with Gasteiger partial charge in [-0.05, 0) is 35.5 Å². The van der Waals surface area contributed by atoms with E-state index < -0.39 is 6.00 Å². The Kier molecular flexibility index (Phi) is 3.63. The maximum atomic E-state index is 6.15. The number of fused-ring (bicyclic) bond motifs is 5. The molecule has 0 aliphatic carbocycles. The van der Waals surface area contributed by atoms with Crippen molar-refractivity contribution < 1.29 is 0 Å². The van der Waals surface area contributed by atoms with Crippen LogP contribution in [0.3, 0.4) is 0 Å². The highest BCUT2D eigenvalue weighted by Crippen LogP contribution is 2.29. The Labute approximate surface area is 164 Å². The molecule has 0 saturated heterocycles. The van der Waals surface area contributed by atoms with Crippen LogP contribution in [0.1, 0.15) is 0 Å². The quantitative estimate of drug-likeness (QED) is 0.147. The number of rotatable bonds is 1. The first-order valence-electron chi connectivity index (χ1n) is 8.09. The lowest BCUT2D eigenvalue weighted by atomic mass is 10.1. The first kappa shape index (κ1) is 16.3. The Bertz CT molecular complexity index is 1330. The standard InChI is InChI=1S/C20H11Cl3N2Si/c21-26(22,23)16-7-8-18-15(11-16)10-14-6-5-13-9-12-3-1-2-4-17(12)24-19(13)20(14)25-18/h1-11H. The molecule has 5 aromatic rings. The zero-order chi connectivity index (χ0) is 17.9. The van der Waals surface area contributed by atoms with Crippen molar-refractivity contribution >= 4 is 88.0 Å². The summed E-state index contributed by atoms with van der Waals surface area (Å²) < 4.78 is 0. The van der Waals surface area contributed by atoms with Gasteiger partial charge < -0.3 is 0 Å². The van der Waals surface area contributed by atoms with E-state index in [1.165, 1.54) is 0 Å². The molecule has 2 nitrogen and oxygen atoms in total. The largest absolute Gasteiger partial charge is 0.372 e. The second-order valence-corrected chi connectivity index (χ2v) is 14.7. The molecule has 3 aromatic carbocycles. The number of nitrogens with zero attached hydrogens (tertiary/aromatic N) is 2. The molecule has 0 saturated carbocycles. The molecule has 0 atom stereocenters. The maximum absolute atomic E-state index is 6.15. The van der Waals surface area contributed by atoms with E-state index in [2.05, 4.69) is 30.3 Å². The van der Waals surface area contributed by atoms with Gasteiger partial charge in [0.2, 0.25) is 0 Å². The van der Waals surface area contributed by atoms with Gasteiger partial charge in [-0.15, -0.1) is 33.2 Å². The summed E-state index contributed by atoms with van der Waals surface area (Å²) in [4.78, 5) is 9.71. The van der Waals surface area contributed by atoms with E-state index in [0.717, 1.165) is 48.8 Å². The minimum atomic E-state index is -2.92. The number of para-hydroxylation sites is 1. The van der Waals surface area contributed by atoms with Crippen LogP contribution in [0.4, 0.5) is 0 Å². The zero-order valence-electron chi connectivity index (χ0n) is 13.4. The number of aromatic nitrogens is 2. The molecule has 0 aliphatic rings. The maximum Gasteiger partial charge on any atom is 0.372 e. The molecular formula is C20H11Cl3N2Si. The predicted octanol–water partition coefficient (Wildman–Crippen LogP) is 5.95. The van der Waals surface area contributed by atoms with Crippen molar-refractivity contribution in [1.82, 2.24) is 9.97 Å². The van der Waals surface area contributed by atoms with E-state index in [9.17, 15) is 0 Å². The lowest BCUT2D eigenvalue weighted by Gasteiger charge is -2.10. The molecule has 126 valence electrons. The van der Waals surface area contributed by atoms with Crippen LogP contribution in [0.2, 0.25) is 0 Å². The molecular weight excluding hydrogens is 403 g/mol. The van der Waals surface area contributed by atoms with Crippen molar-refractivity contribution in [3.05, 3.63) is 66.7 Å². The summed E-state index contributed by atoms with van der Waals surface area (Å²) in [5.41, 5.74) is 3.63. The fourth-order valence-corrected chi connectivity index (χ4v) is 4.96. The highest BCUT2D eigenvalue weighted by atomic mass is 35.8. The van der Waals surface area contributed by atoms with Crippen LogP contribution in [0, 0.1) is 0 Å². The normalized spacial score (nSPS) is 12.4. The van der Waals surface area contributed by atoms with Gasteiger partial charge in [0.15, 0.2) is 0 Å². The van der Waals surface area contributed by atoms with E-state index in [1.807, 2.05) is 36.4 Å². The fourth-order valence-electron chi connectivity index (χ4n) is 3.31. The Hall–Kier alpha value is -1.91. The molecule has 0 spiro atoms. The van der Waals surface area contributed by atoms with E-state index in [1.54, 1.807) is 0 Å². The molecule has 0 N–H and O–H groups in total. The smallest absolute Gasteiger partial charge is 0.245 e. The van der Waals surface area contributed by atoms with Crippen molar-refractivity contribution in [1.29, 1.82) is 0 Å². The van der Waals surface area contributed by atoms with Gasteiger partial charge >= 0.3 is 6.00 Å². The fraction of sp³-hybridized carbons (Fsp3) is 0. The lowest BCUT2D eigenvalue weighted by molar-refractivity contribution is 1.46. The van der Waals surface area contributed by atoms with Gasteiger partial charge in [0.05, 0.1) is 22.1 Å². The van der Waals surface area contributed by atoms with Gasteiger partial charge in [-0.1, -0.05) is 36.4 Å². The minimum absolute atomic E-state index is 0.765. The third-order valence-electron chi connectivity index (χ3n) is 4.59. The third kappa shape index (κ3) is 2.63. The Balaban J connectivity index is 1.85. The number of pyridine rings is 2. The second kappa shape index (κ2) is 5.79. The van der Waals surface area contributed by atoms with Crippen molar-refractivity contribution in [2.45, 2.75) is 0 Å². The minimum Gasteiger partial charge on any atom is -0.245 e. The van der Waals surface area contributed by atoms with Crippen LogP contribution in [-0.2, 0) is 0 Å². The lowest BCUT2D eigenvalue weighted by Crippen LogP contribution is -2.29. The zero-order valence-corrected chi connectivity index (χ0v) is 16.6. The highest BCUT2D eigenvalue weighted by molar-refractivity contribution is 7.69. The molecule has 26 heavy (non-hydrogen) atoms. The molecule has 0 radical (unpaired) electrons. The van der Waals surface area contributed by atoms with Gasteiger partial charge in [0, 0.05) is 21.5 Å². The average molecular weight is 414 g/mol. The van der Waals surface area contributed by atoms with Gasteiger partial charge in [0.1, 0.15) is 0 Å². The molecule has 0 unspecified atom stereocenters. The van der Waals surface area contributed by atoms with E-state index in [4.69, 9.17) is 43.2 Å². The molecule has 5 rings (SSSR count). The van der Waals surface area contributed by atoms with Crippen LogP contribution in [0.25, 0.3) is 43.6 Å². The van der Waals surface area contributed by atoms with E-state index >= 15 is 0 Å². The summed E-state index contributed by atoms with van der Waals surface area (Å²) in [6.45, 7) is 0. The Morgan fingerprint density at radius 2 is 1.19 bits per heavy atom.